The molecule has 1 N–H and O–H groups in total. The molecule has 0 saturated carbocycles. The summed E-state index contributed by atoms with van der Waals surface area (Å²) in [5.41, 5.74) is 0.175. The van der Waals surface area contributed by atoms with E-state index in [0.29, 0.717) is 16.6 Å². The maximum absolute atomic E-state index is 12.5. The molecule has 0 radical (unpaired) electrons. The number of H-pyrrole nitrogens is 1. The molecule has 10 heteroatoms. The van der Waals surface area contributed by atoms with Crippen molar-refractivity contribution >= 4 is 23.2 Å². The van der Waals surface area contributed by atoms with Crippen LogP contribution in [0.2, 0.25) is 0 Å². The van der Waals surface area contributed by atoms with Crippen molar-refractivity contribution in [3.8, 4) is 11.5 Å². The summed E-state index contributed by atoms with van der Waals surface area (Å²) >= 11 is 0. The summed E-state index contributed by atoms with van der Waals surface area (Å²) in [6.45, 7) is -6.40. The Bertz CT molecular complexity index is 1040. The van der Waals surface area contributed by atoms with Crippen molar-refractivity contribution in [1.82, 2.24) is 15.0 Å². The van der Waals surface area contributed by atoms with Gasteiger partial charge in [-0.1, -0.05) is 12.1 Å². The van der Waals surface area contributed by atoms with Crippen molar-refractivity contribution in [3.05, 3.63) is 58.3 Å². The number of alkyl halides is 4. The Kier molecular flexibility index (Phi) is 5.34. The van der Waals surface area contributed by atoms with Crippen LogP contribution >= 0.6 is 0 Å². The van der Waals surface area contributed by atoms with E-state index in [2.05, 4.69) is 24.4 Å². The first-order chi connectivity index (χ1) is 12.9. The highest BCUT2D eigenvalue weighted by Gasteiger charge is 2.14. The molecule has 27 heavy (non-hydrogen) atoms. The van der Waals surface area contributed by atoms with Gasteiger partial charge in [0.25, 0.3) is 5.56 Å². The zero-order valence-corrected chi connectivity index (χ0v) is 13.4. The molecule has 0 saturated heterocycles. The van der Waals surface area contributed by atoms with Crippen molar-refractivity contribution in [1.29, 1.82) is 0 Å². The lowest BCUT2D eigenvalue weighted by atomic mass is 10.2. The number of hydrogen-bond acceptors (Lipinski definition) is 5. The Hall–Kier alpha value is -3.43. The normalized spacial score (nSPS) is 11.6. The molecule has 0 unspecified atom stereocenters. The second-order valence-electron chi connectivity index (χ2n) is 5.12. The molecular weight excluding hydrogens is 370 g/mol. The fourth-order valence-corrected chi connectivity index (χ4v) is 2.26. The molecule has 140 valence electrons. The molecular formula is C17H11F4N3O3. The van der Waals surface area contributed by atoms with E-state index in [9.17, 15) is 22.4 Å². The quantitative estimate of drug-likeness (QED) is 0.659. The molecule has 0 atom stereocenters. The number of aromatic amines is 1. The van der Waals surface area contributed by atoms with Crippen LogP contribution in [0.3, 0.4) is 0 Å². The predicted octanol–water partition coefficient (Wildman–Crippen LogP) is 3.69. The van der Waals surface area contributed by atoms with Crippen LogP contribution in [0.25, 0.3) is 23.2 Å². The van der Waals surface area contributed by atoms with Crippen LogP contribution in [0.1, 0.15) is 11.4 Å². The third kappa shape index (κ3) is 4.60. The van der Waals surface area contributed by atoms with Gasteiger partial charge in [-0.05, 0) is 35.9 Å². The Morgan fingerprint density at radius 2 is 1.74 bits per heavy atom. The fourth-order valence-electron chi connectivity index (χ4n) is 2.26. The van der Waals surface area contributed by atoms with Crippen molar-refractivity contribution in [3.63, 3.8) is 0 Å². The lowest BCUT2D eigenvalue weighted by Crippen LogP contribution is -2.10. The van der Waals surface area contributed by atoms with Crippen LogP contribution in [0.15, 0.2) is 41.3 Å². The molecule has 6 nitrogen and oxygen atoms in total. The second-order valence-corrected chi connectivity index (χ2v) is 5.12. The molecule has 3 aromatic rings. The van der Waals surface area contributed by atoms with Gasteiger partial charge >= 0.3 is 13.2 Å². The average Bonchev–Trinajstić information content (AvgIpc) is 2.61. The third-order valence-electron chi connectivity index (χ3n) is 3.34. The zero-order valence-electron chi connectivity index (χ0n) is 13.4. The molecule has 2 heterocycles. The van der Waals surface area contributed by atoms with Crippen molar-refractivity contribution in [2.45, 2.75) is 13.2 Å². The van der Waals surface area contributed by atoms with Gasteiger partial charge in [0.2, 0.25) is 0 Å². The van der Waals surface area contributed by atoms with Gasteiger partial charge in [-0.2, -0.15) is 22.5 Å². The molecule has 3 rings (SSSR count). The molecule has 2 aromatic heterocycles. The largest absolute Gasteiger partial charge is 0.431 e. The zero-order chi connectivity index (χ0) is 19.4. The summed E-state index contributed by atoms with van der Waals surface area (Å²) in [6.07, 6.45) is 4.34. The van der Waals surface area contributed by atoms with Gasteiger partial charge < -0.3 is 14.5 Å². The molecule has 0 aliphatic rings. The standard InChI is InChI=1S/C17H11F4N3O3/c18-16(19)26-11-5-3-9(8-12(11)27-17(20)21)4-6-13-23-14-10(15(25)24-13)2-1-7-22-14/h1-8,16-17H,(H,22,23,24,25)/b6-4+. The smallest absolute Gasteiger partial charge is 0.387 e. The lowest BCUT2D eigenvalue weighted by molar-refractivity contribution is -0.0692. The topological polar surface area (TPSA) is 77.1 Å². The van der Waals surface area contributed by atoms with E-state index in [4.69, 9.17) is 0 Å². The number of fused-ring (bicyclic) bond motifs is 1. The van der Waals surface area contributed by atoms with Crippen molar-refractivity contribution < 1.29 is 27.0 Å². The third-order valence-corrected chi connectivity index (χ3v) is 3.34. The van der Waals surface area contributed by atoms with E-state index in [0.717, 1.165) is 12.1 Å². The van der Waals surface area contributed by atoms with E-state index in [1.807, 2.05) is 0 Å². The fraction of sp³-hybridized carbons (Fsp3) is 0.118. The summed E-state index contributed by atoms with van der Waals surface area (Å²) in [5.74, 6) is -0.895. The first-order valence-corrected chi connectivity index (χ1v) is 7.49. The number of benzene rings is 1. The van der Waals surface area contributed by atoms with Crippen LogP contribution in [-0.4, -0.2) is 28.2 Å². The highest BCUT2D eigenvalue weighted by atomic mass is 19.3. The summed E-state index contributed by atoms with van der Waals surface area (Å²) in [4.78, 5) is 22.6. The lowest BCUT2D eigenvalue weighted by Gasteiger charge is -2.12. The number of ether oxygens (including phenoxy) is 2. The number of nitrogens with zero attached hydrogens (tertiary/aromatic N) is 2. The molecule has 0 spiro atoms. The maximum Gasteiger partial charge on any atom is 0.387 e. The van der Waals surface area contributed by atoms with Gasteiger partial charge in [0.05, 0.1) is 5.39 Å². The van der Waals surface area contributed by atoms with Gasteiger partial charge in [-0.15, -0.1) is 0 Å². The van der Waals surface area contributed by atoms with Crippen LogP contribution < -0.4 is 15.0 Å². The van der Waals surface area contributed by atoms with Crippen molar-refractivity contribution in [2.24, 2.45) is 0 Å². The Balaban J connectivity index is 1.91. The van der Waals surface area contributed by atoms with E-state index in [1.54, 1.807) is 12.1 Å². The van der Waals surface area contributed by atoms with Crippen LogP contribution in [0, 0.1) is 0 Å². The van der Waals surface area contributed by atoms with Gasteiger partial charge in [0.1, 0.15) is 11.5 Å². The Labute approximate surface area is 149 Å². The minimum atomic E-state index is -3.21. The summed E-state index contributed by atoms with van der Waals surface area (Å²) in [6, 6.07) is 6.68. The summed E-state index contributed by atoms with van der Waals surface area (Å²) in [7, 11) is 0. The maximum atomic E-state index is 12.5. The number of pyridine rings is 1. The Morgan fingerprint density at radius 1 is 1.00 bits per heavy atom. The van der Waals surface area contributed by atoms with Crippen molar-refractivity contribution in [2.75, 3.05) is 0 Å². The number of hydrogen-bond donors (Lipinski definition) is 1. The summed E-state index contributed by atoms with van der Waals surface area (Å²) < 4.78 is 58.0. The first kappa shape index (κ1) is 18.4. The van der Waals surface area contributed by atoms with Crippen LogP contribution in [0.4, 0.5) is 17.6 Å². The predicted molar refractivity (Wildman–Crippen MR) is 88.8 cm³/mol. The minimum Gasteiger partial charge on any atom is -0.431 e. The number of halogens is 4. The van der Waals surface area contributed by atoms with E-state index < -0.39 is 30.3 Å². The minimum absolute atomic E-state index is 0.176. The molecule has 0 fully saturated rings. The SMILES string of the molecule is O=c1nc(/C=C/c2ccc(OC(F)F)c(OC(F)F)c2)[nH]c2ncccc12. The molecule has 0 amide bonds. The first-order valence-electron chi connectivity index (χ1n) is 7.49. The second kappa shape index (κ2) is 7.85. The van der Waals surface area contributed by atoms with E-state index >= 15 is 0 Å². The average molecular weight is 381 g/mol. The number of rotatable bonds is 6. The number of aromatic nitrogens is 3. The highest BCUT2D eigenvalue weighted by Crippen LogP contribution is 2.31. The van der Waals surface area contributed by atoms with Gasteiger partial charge in [-0.25, -0.2) is 4.98 Å². The van der Waals surface area contributed by atoms with Gasteiger partial charge in [0.15, 0.2) is 11.5 Å². The monoisotopic (exact) mass is 381 g/mol. The van der Waals surface area contributed by atoms with Crippen LogP contribution in [0.5, 0.6) is 11.5 Å². The van der Waals surface area contributed by atoms with E-state index in [-0.39, 0.29) is 5.82 Å². The highest BCUT2D eigenvalue weighted by molar-refractivity contribution is 5.75. The molecule has 1 aromatic carbocycles. The molecule has 0 bridgehead atoms. The Morgan fingerprint density at radius 3 is 2.48 bits per heavy atom. The number of nitrogens with one attached hydrogen (secondary N) is 1. The summed E-state index contributed by atoms with van der Waals surface area (Å²) in [5, 5.41) is 0.316. The van der Waals surface area contributed by atoms with Crippen LogP contribution in [-0.2, 0) is 0 Å². The van der Waals surface area contributed by atoms with Gasteiger partial charge in [-0.3, -0.25) is 4.79 Å². The molecule has 0 aliphatic heterocycles. The van der Waals surface area contributed by atoms with Gasteiger partial charge in [0, 0.05) is 6.20 Å². The molecule has 0 aliphatic carbocycles. The van der Waals surface area contributed by atoms with E-state index in [1.165, 1.54) is 24.4 Å².